The summed E-state index contributed by atoms with van der Waals surface area (Å²) in [6.07, 6.45) is 2.87. The minimum absolute atomic E-state index is 0. The summed E-state index contributed by atoms with van der Waals surface area (Å²) in [7, 11) is 3.60. The molecule has 4 rings (SSSR count). The first-order valence-corrected chi connectivity index (χ1v) is 9.93. The van der Waals surface area contributed by atoms with Crippen LogP contribution in [0.2, 0.25) is 0 Å². The molecule has 1 atom stereocenters. The second kappa shape index (κ2) is 9.78. The van der Waals surface area contributed by atoms with Gasteiger partial charge in [-0.05, 0) is 62.3 Å². The highest BCUT2D eigenvalue weighted by molar-refractivity contribution is 6.00. The molecule has 7 heteroatoms. The molecule has 0 aliphatic carbocycles. The molecule has 1 fully saturated rings. The molecule has 2 heterocycles. The quantitative estimate of drug-likeness (QED) is 0.653. The van der Waals surface area contributed by atoms with Gasteiger partial charge in [0.25, 0.3) is 5.91 Å². The van der Waals surface area contributed by atoms with Crippen LogP contribution in [0.1, 0.15) is 16.8 Å². The van der Waals surface area contributed by atoms with Crippen molar-refractivity contribution in [2.45, 2.75) is 6.42 Å². The number of amides is 1. The number of para-hydroxylation sites is 1. The Labute approximate surface area is 183 Å². The molecule has 0 radical (unpaired) electrons. The standard InChI is InChI=1S/C23H26N4O2.ClH/c1-24-14-17-12-13-26(15-17)23(28)21-16-27(19-6-4-3-5-7-19)25-22(21)18-8-10-20(29-2)11-9-18;/h3-11,16-17,24H,12-15H2,1-2H3;1H. The fraction of sp³-hybridized carbons (Fsp3) is 0.304. The van der Waals surface area contributed by atoms with E-state index in [1.807, 2.05) is 72.7 Å². The van der Waals surface area contributed by atoms with Gasteiger partial charge < -0.3 is 15.0 Å². The molecule has 1 amide bonds. The number of hydrogen-bond donors (Lipinski definition) is 1. The van der Waals surface area contributed by atoms with Crippen LogP contribution in [0.25, 0.3) is 16.9 Å². The maximum atomic E-state index is 13.4. The van der Waals surface area contributed by atoms with Crippen molar-refractivity contribution in [3.8, 4) is 22.7 Å². The van der Waals surface area contributed by atoms with Crippen molar-refractivity contribution in [3.05, 3.63) is 66.4 Å². The molecular weight excluding hydrogens is 400 g/mol. The van der Waals surface area contributed by atoms with Crippen LogP contribution < -0.4 is 10.1 Å². The number of carbonyl (C=O) groups is 1. The normalized spacial score (nSPS) is 15.7. The SMILES string of the molecule is CNCC1CCN(C(=O)c2cn(-c3ccccc3)nc2-c2ccc(OC)cc2)C1.Cl. The van der Waals surface area contributed by atoms with Crippen LogP contribution in [0.5, 0.6) is 5.75 Å². The highest BCUT2D eigenvalue weighted by Crippen LogP contribution is 2.28. The number of benzene rings is 2. The third kappa shape index (κ3) is 4.50. The van der Waals surface area contributed by atoms with Gasteiger partial charge in [0.05, 0.1) is 18.4 Å². The van der Waals surface area contributed by atoms with Gasteiger partial charge in [0.2, 0.25) is 0 Å². The molecule has 0 spiro atoms. The summed E-state index contributed by atoms with van der Waals surface area (Å²) >= 11 is 0. The first-order chi connectivity index (χ1) is 14.2. The van der Waals surface area contributed by atoms with Gasteiger partial charge in [0.15, 0.2) is 0 Å². The Hall–Kier alpha value is -2.83. The van der Waals surface area contributed by atoms with E-state index in [2.05, 4.69) is 5.32 Å². The Morgan fingerprint density at radius 3 is 2.57 bits per heavy atom. The van der Waals surface area contributed by atoms with Crippen molar-refractivity contribution in [2.24, 2.45) is 5.92 Å². The maximum absolute atomic E-state index is 13.4. The van der Waals surface area contributed by atoms with Crippen molar-refractivity contribution < 1.29 is 9.53 Å². The number of likely N-dealkylation sites (tertiary alicyclic amines) is 1. The zero-order valence-electron chi connectivity index (χ0n) is 17.2. The monoisotopic (exact) mass is 426 g/mol. The van der Waals surface area contributed by atoms with Crippen LogP contribution in [0.15, 0.2) is 60.8 Å². The van der Waals surface area contributed by atoms with Crippen LogP contribution in [0.3, 0.4) is 0 Å². The average Bonchev–Trinajstić information content (AvgIpc) is 3.42. The molecule has 0 bridgehead atoms. The molecule has 1 saturated heterocycles. The maximum Gasteiger partial charge on any atom is 0.257 e. The van der Waals surface area contributed by atoms with E-state index < -0.39 is 0 Å². The average molecular weight is 427 g/mol. The number of hydrogen-bond acceptors (Lipinski definition) is 4. The molecule has 0 saturated carbocycles. The summed E-state index contributed by atoms with van der Waals surface area (Å²) < 4.78 is 7.05. The fourth-order valence-electron chi connectivity index (χ4n) is 3.85. The van der Waals surface area contributed by atoms with Crippen molar-refractivity contribution in [1.82, 2.24) is 20.0 Å². The van der Waals surface area contributed by atoms with Crippen LogP contribution in [0.4, 0.5) is 0 Å². The van der Waals surface area contributed by atoms with E-state index in [9.17, 15) is 4.79 Å². The summed E-state index contributed by atoms with van der Waals surface area (Å²) in [6, 6.07) is 17.5. The van der Waals surface area contributed by atoms with E-state index in [-0.39, 0.29) is 18.3 Å². The molecule has 1 N–H and O–H groups in total. The molecule has 1 aromatic heterocycles. The molecular formula is C23H27ClN4O2. The Kier molecular flexibility index (Phi) is 7.13. The Bertz CT molecular complexity index is 973. The van der Waals surface area contributed by atoms with Crippen molar-refractivity contribution in [2.75, 3.05) is 33.8 Å². The van der Waals surface area contributed by atoms with E-state index in [1.165, 1.54) is 0 Å². The lowest BCUT2D eigenvalue weighted by molar-refractivity contribution is 0.0788. The summed E-state index contributed by atoms with van der Waals surface area (Å²) in [4.78, 5) is 15.3. The highest BCUT2D eigenvalue weighted by Gasteiger charge is 2.29. The second-order valence-electron chi connectivity index (χ2n) is 7.36. The van der Waals surface area contributed by atoms with Gasteiger partial charge in [-0.2, -0.15) is 5.10 Å². The number of nitrogens with one attached hydrogen (secondary N) is 1. The van der Waals surface area contributed by atoms with Gasteiger partial charge in [-0.1, -0.05) is 18.2 Å². The van der Waals surface area contributed by atoms with Crippen molar-refractivity contribution in [3.63, 3.8) is 0 Å². The zero-order valence-corrected chi connectivity index (χ0v) is 18.1. The lowest BCUT2D eigenvalue weighted by atomic mass is 10.1. The van der Waals surface area contributed by atoms with E-state index in [0.717, 1.165) is 43.1 Å². The van der Waals surface area contributed by atoms with E-state index in [0.29, 0.717) is 17.2 Å². The summed E-state index contributed by atoms with van der Waals surface area (Å²) in [6.45, 7) is 2.49. The number of aromatic nitrogens is 2. The van der Waals surface area contributed by atoms with Crippen LogP contribution in [0, 0.1) is 5.92 Å². The third-order valence-corrected chi connectivity index (χ3v) is 5.39. The summed E-state index contributed by atoms with van der Waals surface area (Å²) in [5, 5.41) is 7.99. The fourth-order valence-corrected chi connectivity index (χ4v) is 3.85. The topological polar surface area (TPSA) is 59.4 Å². The van der Waals surface area contributed by atoms with E-state index in [4.69, 9.17) is 9.84 Å². The van der Waals surface area contributed by atoms with Gasteiger partial charge in [0, 0.05) is 24.8 Å². The third-order valence-electron chi connectivity index (χ3n) is 5.39. The number of methoxy groups -OCH3 is 1. The van der Waals surface area contributed by atoms with Gasteiger partial charge >= 0.3 is 0 Å². The van der Waals surface area contributed by atoms with Gasteiger partial charge in [-0.15, -0.1) is 12.4 Å². The smallest absolute Gasteiger partial charge is 0.257 e. The van der Waals surface area contributed by atoms with Crippen LogP contribution >= 0.6 is 12.4 Å². The number of carbonyl (C=O) groups excluding carboxylic acids is 1. The Morgan fingerprint density at radius 2 is 1.90 bits per heavy atom. The van der Waals surface area contributed by atoms with Gasteiger partial charge in [-0.3, -0.25) is 4.79 Å². The lowest BCUT2D eigenvalue weighted by Gasteiger charge is -2.16. The molecule has 3 aromatic rings. The van der Waals surface area contributed by atoms with Crippen LogP contribution in [-0.2, 0) is 0 Å². The van der Waals surface area contributed by atoms with Gasteiger partial charge in [-0.25, -0.2) is 4.68 Å². The van der Waals surface area contributed by atoms with Crippen molar-refractivity contribution in [1.29, 1.82) is 0 Å². The largest absolute Gasteiger partial charge is 0.497 e. The summed E-state index contributed by atoms with van der Waals surface area (Å²) in [5.41, 5.74) is 3.15. The number of halogens is 1. The molecule has 30 heavy (non-hydrogen) atoms. The Morgan fingerprint density at radius 1 is 1.17 bits per heavy atom. The zero-order chi connectivity index (χ0) is 20.2. The predicted octanol–water partition coefficient (Wildman–Crippen LogP) is 3.65. The molecule has 2 aromatic carbocycles. The molecule has 158 valence electrons. The first-order valence-electron chi connectivity index (χ1n) is 9.93. The molecule has 1 unspecified atom stereocenters. The second-order valence-corrected chi connectivity index (χ2v) is 7.36. The molecule has 6 nitrogen and oxygen atoms in total. The summed E-state index contributed by atoms with van der Waals surface area (Å²) in [5.74, 6) is 1.31. The van der Waals surface area contributed by atoms with Gasteiger partial charge in [0.1, 0.15) is 11.4 Å². The lowest BCUT2D eigenvalue weighted by Crippen LogP contribution is -2.30. The number of ether oxygens (including phenoxy) is 1. The van der Waals surface area contributed by atoms with Crippen molar-refractivity contribution >= 4 is 18.3 Å². The predicted molar refractivity (Wildman–Crippen MR) is 121 cm³/mol. The molecule has 1 aliphatic rings. The van der Waals surface area contributed by atoms with E-state index in [1.54, 1.807) is 11.8 Å². The number of rotatable bonds is 6. The van der Waals surface area contributed by atoms with Crippen LogP contribution in [-0.4, -0.2) is 54.4 Å². The highest BCUT2D eigenvalue weighted by atomic mass is 35.5. The minimum atomic E-state index is 0. The first kappa shape index (κ1) is 21.9. The van der Waals surface area contributed by atoms with E-state index >= 15 is 0 Å². The number of nitrogens with zero attached hydrogens (tertiary/aromatic N) is 3. The minimum Gasteiger partial charge on any atom is -0.497 e. The Balaban J connectivity index is 0.00000256. The molecule has 1 aliphatic heterocycles.